The highest BCUT2D eigenvalue weighted by molar-refractivity contribution is 5.66. The summed E-state index contributed by atoms with van der Waals surface area (Å²) >= 11 is 0. The van der Waals surface area contributed by atoms with Crippen LogP contribution in [0.15, 0.2) is 0 Å². The molecule has 0 fully saturated rings. The maximum atomic E-state index is 10.1. The van der Waals surface area contributed by atoms with Crippen molar-refractivity contribution in [3.05, 3.63) is 0 Å². The van der Waals surface area contributed by atoms with E-state index in [0.717, 1.165) is 0 Å². The van der Waals surface area contributed by atoms with Gasteiger partial charge in [0, 0.05) is 6.42 Å². The van der Waals surface area contributed by atoms with Gasteiger partial charge in [-0.25, -0.2) is 0 Å². The lowest BCUT2D eigenvalue weighted by Crippen LogP contribution is -2.09. The second-order valence-electron chi connectivity index (χ2n) is 2.76. The van der Waals surface area contributed by atoms with Gasteiger partial charge in [0.05, 0.1) is 0 Å². The maximum Gasteiger partial charge on any atom is 0.303 e. The van der Waals surface area contributed by atoms with Crippen molar-refractivity contribution in [1.29, 1.82) is 0 Å². The Balaban J connectivity index is 3.37. The van der Waals surface area contributed by atoms with Gasteiger partial charge in [-0.15, -0.1) is 0 Å². The third-order valence-electron chi connectivity index (χ3n) is 1.44. The first-order valence-electron chi connectivity index (χ1n) is 3.60. The number of hydrogen-bond acceptors (Lipinski definition) is 3. The van der Waals surface area contributed by atoms with Crippen LogP contribution < -0.4 is 0 Å². The fraction of sp³-hybridized carbons (Fsp3) is 0.857. The van der Waals surface area contributed by atoms with Crippen molar-refractivity contribution in [1.82, 2.24) is 0 Å². The average molecular weight is 162 g/mol. The minimum absolute atomic E-state index is 0.00861. The Hall–Kier alpha value is -0.610. The molecule has 0 saturated heterocycles. The minimum Gasteiger partial charge on any atom is -0.481 e. The van der Waals surface area contributed by atoms with Crippen LogP contribution in [0.2, 0.25) is 0 Å². The SMILES string of the molecule is CC(CCC(O)O)CC(=O)O. The molecular weight excluding hydrogens is 148 g/mol. The molecule has 0 aliphatic heterocycles. The molecule has 1 atom stereocenters. The van der Waals surface area contributed by atoms with E-state index in [9.17, 15) is 4.79 Å². The summed E-state index contributed by atoms with van der Waals surface area (Å²) in [5, 5.41) is 25.2. The number of carbonyl (C=O) groups is 1. The Bertz CT molecular complexity index is 122. The molecule has 0 bridgehead atoms. The molecule has 0 aromatic carbocycles. The van der Waals surface area contributed by atoms with E-state index < -0.39 is 12.3 Å². The Morgan fingerprint density at radius 1 is 1.36 bits per heavy atom. The molecule has 0 aromatic heterocycles. The van der Waals surface area contributed by atoms with Gasteiger partial charge in [-0.2, -0.15) is 0 Å². The fourth-order valence-corrected chi connectivity index (χ4v) is 0.834. The lowest BCUT2D eigenvalue weighted by atomic mass is 10.0. The third kappa shape index (κ3) is 7.29. The number of carboxylic acids is 1. The normalized spacial score (nSPS) is 13.5. The maximum absolute atomic E-state index is 10.1. The number of hydrogen-bond donors (Lipinski definition) is 3. The highest BCUT2D eigenvalue weighted by atomic mass is 16.5. The van der Waals surface area contributed by atoms with Crippen molar-refractivity contribution in [3.8, 4) is 0 Å². The van der Waals surface area contributed by atoms with Gasteiger partial charge in [0.15, 0.2) is 6.29 Å². The molecule has 0 amide bonds. The average Bonchev–Trinajstić information content (AvgIpc) is 1.82. The van der Waals surface area contributed by atoms with Gasteiger partial charge in [-0.05, 0) is 18.8 Å². The summed E-state index contributed by atoms with van der Waals surface area (Å²) in [6.07, 6.45) is -0.447. The zero-order valence-electron chi connectivity index (χ0n) is 6.53. The van der Waals surface area contributed by atoms with Crippen LogP contribution in [0, 0.1) is 5.92 Å². The highest BCUT2D eigenvalue weighted by Crippen LogP contribution is 2.10. The molecule has 3 N–H and O–H groups in total. The highest BCUT2D eigenvalue weighted by Gasteiger charge is 2.08. The standard InChI is InChI=1S/C7H14O4/c1-5(4-7(10)11)2-3-6(8)9/h5-6,8-9H,2-4H2,1H3,(H,10,11). The molecule has 0 saturated carbocycles. The lowest BCUT2D eigenvalue weighted by molar-refractivity contribution is -0.138. The van der Waals surface area contributed by atoms with Crippen LogP contribution in [-0.4, -0.2) is 27.6 Å². The van der Waals surface area contributed by atoms with Crippen molar-refractivity contribution in [2.45, 2.75) is 32.5 Å². The molecule has 0 heterocycles. The topological polar surface area (TPSA) is 77.8 Å². The number of rotatable bonds is 5. The molecule has 0 aliphatic rings. The number of aliphatic hydroxyl groups is 2. The molecule has 0 aromatic rings. The van der Waals surface area contributed by atoms with Gasteiger partial charge in [0.1, 0.15) is 0 Å². The Morgan fingerprint density at radius 3 is 2.27 bits per heavy atom. The number of aliphatic hydroxyl groups excluding tert-OH is 1. The molecule has 0 aliphatic carbocycles. The molecule has 11 heavy (non-hydrogen) atoms. The zero-order valence-corrected chi connectivity index (χ0v) is 6.53. The second-order valence-corrected chi connectivity index (χ2v) is 2.76. The first kappa shape index (κ1) is 10.4. The monoisotopic (exact) mass is 162 g/mol. The summed E-state index contributed by atoms with van der Waals surface area (Å²) in [7, 11) is 0. The lowest BCUT2D eigenvalue weighted by Gasteiger charge is -2.08. The quantitative estimate of drug-likeness (QED) is 0.504. The molecule has 66 valence electrons. The predicted octanol–water partition coefficient (Wildman–Crippen LogP) is 0.188. The molecule has 0 spiro atoms. The van der Waals surface area contributed by atoms with Gasteiger partial charge < -0.3 is 15.3 Å². The largest absolute Gasteiger partial charge is 0.481 e. The summed E-state index contributed by atoms with van der Waals surface area (Å²) in [4.78, 5) is 10.1. The van der Waals surface area contributed by atoms with Gasteiger partial charge in [-0.3, -0.25) is 4.79 Å². The second kappa shape index (κ2) is 5.09. The molecule has 4 heteroatoms. The summed E-state index contributed by atoms with van der Waals surface area (Å²) in [5.74, 6) is -0.834. The smallest absolute Gasteiger partial charge is 0.303 e. The van der Waals surface area contributed by atoms with E-state index in [1.165, 1.54) is 0 Å². The van der Waals surface area contributed by atoms with Crippen LogP contribution >= 0.6 is 0 Å². The molecular formula is C7H14O4. The van der Waals surface area contributed by atoms with Gasteiger partial charge in [0.2, 0.25) is 0 Å². The number of aliphatic carboxylic acids is 1. The van der Waals surface area contributed by atoms with Crippen LogP contribution in [0.3, 0.4) is 0 Å². The van der Waals surface area contributed by atoms with Crippen LogP contribution in [0.4, 0.5) is 0 Å². The van der Waals surface area contributed by atoms with E-state index in [4.69, 9.17) is 15.3 Å². The fourth-order valence-electron chi connectivity index (χ4n) is 0.834. The van der Waals surface area contributed by atoms with E-state index >= 15 is 0 Å². The Labute approximate surface area is 65.5 Å². The molecule has 4 nitrogen and oxygen atoms in total. The first-order valence-corrected chi connectivity index (χ1v) is 3.60. The van der Waals surface area contributed by atoms with E-state index in [1.54, 1.807) is 6.92 Å². The van der Waals surface area contributed by atoms with E-state index in [0.29, 0.717) is 6.42 Å². The van der Waals surface area contributed by atoms with Crippen molar-refractivity contribution < 1.29 is 20.1 Å². The summed E-state index contributed by atoms with van der Waals surface area (Å²) in [6.45, 7) is 1.77. The van der Waals surface area contributed by atoms with Gasteiger partial charge >= 0.3 is 5.97 Å². The number of carboxylic acid groups (broad SMARTS) is 1. The minimum atomic E-state index is -1.31. The Morgan fingerprint density at radius 2 is 1.91 bits per heavy atom. The van der Waals surface area contributed by atoms with Gasteiger partial charge in [0.25, 0.3) is 0 Å². The van der Waals surface area contributed by atoms with E-state index in [2.05, 4.69) is 0 Å². The van der Waals surface area contributed by atoms with Crippen molar-refractivity contribution in [2.24, 2.45) is 5.92 Å². The summed E-state index contributed by atoms with van der Waals surface area (Å²) in [6, 6.07) is 0. The zero-order chi connectivity index (χ0) is 8.85. The van der Waals surface area contributed by atoms with E-state index in [1.807, 2.05) is 0 Å². The van der Waals surface area contributed by atoms with Crippen LogP contribution in [-0.2, 0) is 4.79 Å². The van der Waals surface area contributed by atoms with Crippen molar-refractivity contribution >= 4 is 5.97 Å². The summed E-state index contributed by atoms with van der Waals surface area (Å²) in [5.41, 5.74) is 0. The van der Waals surface area contributed by atoms with Crippen LogP contribution in [0.25, 0.3) is 0 Å². The molecule has 0 rings (SSSR count). The third-order valence-corrected chi connectivity index (χ3v) is 1.44. The molecule has 1 unspecified atom stereocenters. The Kier molecular flexibility index (Phi) is 4.81. The van der Waals surface area contributed by atoms with E-state index in [-0.39, 0.29) is 18.8 Å². The van der Waals surface area contributed by atoms with Crippen molar-refractivity contribution in [3.63, 3.8) is 0 Å². The molecule has 0 radical (unpaired) electrons. The van der Waals surface area contributed by atoms with Crippen LogP contribution in [0.5, 0.6) is 0 Å². The van der Waals surface area contributed by atoms with Crippen molar-refractivity contribution in [2.75, 3.05) is 0 Å². The summed E-state index contributed by atoms with van der Waals surface area (Å²) < 4.78 is 0. The first-order chi connectivity index (χ1) is 5.02. The van der Waals surface area contributed by atoms with Crippen LogP contribution in [0.1, 0.15) is 26.2 Å². The predicted molar refractivity (Wildman–Crippen MR) is 38.9 cm³/mol. The van der Waals surface area contributed by atoms with Gasteiger partial charge in [-0.1, -0.05) is 6.92 Å².